The fourth-order valence-corrected chi connectivity index (χ4v) is 2.53. The number of aromatic hydroxyl groups is 1. The van der Waals surface area contributed by atoms with E-state index in [-0.39, 0.29) is 5.75 Å². The molecule has 1 aromatic carbocycles. The quantitative estimate of drug-likeness (QED) is 0.582. The number of nitrogens with two attached hydrogens (primary N) is 1. The molecule has 1 fully saturated rings. The molecule has 0 unspecified atom stereocenters. The van der Waals surface area contributed by atoms with Gasteiger partial charge in [-0.1, -0.05) is 31.4 Å². The Morgan fingerprint density at radius 2 is 2.15 bits per heavy atom. The molecule has 110 valence electrons. The van der Waals surface area contributed by atoms with Crippen LogP contribution in [0.4, 0.5) is 0 Å². The third-order valence-electron chi connectivity index (χ3n) is 3.68. The molecule has 0 heterocycles. The van der Waals surface area contributed by atoms with Crippen molar-refractivity contribution in [3.63, 3.8) is 0 Å². The summed E-state index contributed by atoms with van der Waals surface area (Å²) in [7, 11) is 1.53. The fourth-order valence-electron chi connectivity index (χ4n) is 2.53. The summed E-state index contributed by atoms with van der Waals surface area (Å²) in [6, 6.07) is 5.79. The molecule has 0 atom stereocenters. The first-order chi connectivity index (χ1) is 9.70. The van der Waals surface area contributed by atoms with Crippen molar-refractivity contribution in [2.45, 2.75) is 44.7 Å². The maximum Gasteiger partial charge on any atom is 0.189 e. The van der Waals surface area contributed by atoms with Gasteiger partial charge in [0, 0.05) is 11.6 Å². The summed E-state index contributed by atoms with van der Waals surface area (Å²) in [6.07, 6.45) is 6.12. The molecule has 5 nitrogen and oxygen atoms in total. The third kappa shape index (κ3) is 3.79. The summed E-state index contributed by atoms with van der Waals surface area (Å²) in [4.78, 5) is 4.29. The minimum Gasteiger partial charge on any atom is -0.504 e. The molecule has 4 N–H and O–H groups in total. The number of rotatable bonds is 4. The Morgan fingerprint density at radius 3 is 2.85 bits per heavy atom. The van der Waals surface area contributed by atoms with Crippen molar-refractivity contribution in [3.8, 4) is 11.5 Å². The van der Waals surface area contributed by atoms with E-state index in [4.69, 9.17) is 10.5 Å². The van der Waals surface area contributed by atoms with Gasteiger partial charge in [-0.05, 0) is 18.9 Å². The van der Waals surface area contributed by atoms with E-state index in [0.29, 0.717) is 29.9 Å². The molecule has 1 saturated carbocycles. The van der Waals surface area contributed by atoms with Crippen molar-refractivity contribution in [1.29, 1.82) is 0 Å². The Hall–Kier alpha value is -1.91. The molecule has 0 bridgehead atoms. The number of ether oxygens (including phenoxy) is 1. The molecule has 0 aliphatic heterocycles. The highest BCUT2D eigenvalue weighted by atomic mass is 16.5. The Labute approximate surface area is 119 Å². The maximum absolute atomic E-state index is 9.97. The summed E-state index contributed by atoms with van der Waals surface area (Å²) in [6.45, 7) is 0.342. The lowest BCUT2D eigenvalue weighted by Gasteiger charge is -2.23. The van der Waals surface area contributed by atoms with E-state index in [1.807, 2.05) is 12.1 Å². The van der Waals surface area contributed by atoms with Gasteiger partial charge < -0.3 is 20.9 Å². The molecule has 20 heavy (non-hydrogen) atoms. The second-order valence-corrected chi connectivity index (χ2v) is 5.15. The van der Waals surface area contributed by atoms with E-state index in [2.05, 4.69) is 10.3 Å². The van der Waals surface area contributed by atoms with Crippen molar-refractivity contribution in [3.05, 3.63) is 23.8 Å². The predicted octanol–water partition coefficient (Wildman–Crippen LogP) is 2.14. The average molecular weight is 277 g/mol. The first kappa shape index (κ1) is 14.5. The van der Waals surface area contributed by atoms with E-state index in [1.165, 1.54) is 26.4 Å². The van der Waals surface area contributed by atoms with Crippen molar-refractivity contribution in [2.24, 2.45) is 10.7 Å². The van der Waals surface area contributed by atoms with Crippen molar-refractivity contribution in [1.82, 2.24) is 5.32 Å². The molecule has 0 amide bonds. The van der Waals surface area contributed by atoms with Gasteiger partial charge in [0.2, 0.25) is 0 Å². The second kappa shape index (κ2) is 7.03. The highest BCUT2D eigenvalue weighted by Gasteiger charge is 2.13. The SMILES string of the molecule is COc1cccc(CN=C(N)NC2CCCCC2)c1O. The van der Waals surface area contributed by atoms with Crippen LogP contribution in [0.25, 0.3) is 0 Å². The molecule has 1 aliphatic rings. The standard InChI is InChI=1S/C15H23N3O2/c1-20-13-9-5-6-11(14(13)19)10-17-15(16)18-12-7-3-2-4-8-12/h5-6,9,12,19H,2-4,7-8,10H2,1H3,(H3,16,17,18). The number of para-hydroxylation sites is 1. The molecule has 0 spiro atoms. The number of phenolic OH excluding ortho intramolecular Hbond substituents is 1. The van der Waals surface area contributed by atoms with Crippen LogP contribution >= 0.6 is 0 Å². The van der Waals surface area contributed by atoms with E-state index in [0.717, 1.165) is 12.8 Å². The van der Waals surface area contributed by atoms with Crippen molar-refractivity contribution >= 4 is 5.96 Å². The van der Waals surface area contributed by atoms with E-state index < -0.39 is 0 Å². The van der Waals surface area contributed by atoms with Crippen molar-refractivity contribution in [2.75, 3.05) is 7.11 Å². The van der Waals surface area contributed by atoms with Crippen LogP contribution in [-0.4, -0.2) is 24.2 Å². The van der Waals surface area contributed by atoms with Gasteiger partial charge in [-0.15, -0.1) is 0 Å². The Balaban J connectivity index is 1.94. The zero-order valence-corrected chi connectivity index (χ0v) is 11.9. The Bertz CT molecular complexity index is 468. The minimum absolute atomic E-state index is 0.129. The van der Waals surface area contributed by atoms with Crippen LogP contribution in [0.3, 0.4) is 0 Å². The van der Waals surface area contributed by atoms with Gasteiger partial charge in [0.25, 0.3) is 0 Å². The predicted molar refractivity (Wildman–Crippen MR) is 80.0 cm³/mol. The number of aliphatic imine (C=N–C) groups is 1. The zero-order valence-electron chi connectivity index (χ0n) is 11.9. The summed E-state index contributed by atoms with van der Waals surface area (Å²) in [5.41, 5.74) is 6.61. The van der Waals surface area contributed by atoms with Crippen LogP contribution in [0.2, 0.25) is 0 Å². The monoisotopic (exact) mass is 277 g/mol. The number of hydrogen-bond donors (Lipinski definition) is 3. The smallest absolute Gasteiger partial charge is 0.189 e. The molecule has 5 heteroatoms. The normalized spacial score (nSPS) is 16.9. The van der Waals surface area contributed by atoms with Gasteiger partial charge in [0.1, 0.15) is 0 Å². The number of benzene rings is 1. The van der Waals surface area contributed by atoms with E-state index >= 15 is 0 Å². The van der Waals surface area contributed by atoms with Crippen LogP contribution < -0.4 is 15.8 Å². The lowest BCUT2D eigenvalue weighted by Crippen LogP contribution is -2.41. The topological polar surface area (TPSA) is 79.9 Å². The van der Waals surface area contributed by atoms with Gasteiger partial charge in [-0.2, -0.15) is 0 Å². The first-order valence-electron chi connectivity index (χ1n) is 7.12. The summed E-state index contributed by atoms with van der Waals surface area (Å²) in [5, 5.41) is 13.2. The maximum atomic E-state index is 9.97. The lowest BCUT2D eigenvalue weighted by atomic mass is 9.96. The van der Waals surface area contributed by atoms with Crippen LogP contribution in [0.5, 0.6) is 11.5 Å². The molecule has 1 aromatic rings. The largest absolute Gasteiger partial charge is 0.504 e. The number of methoxy groups -OCH3 is 1. The number of phenols is 1. The van der Waals surface area contributed by atoms with Gasteiger partial charge in [-0.3, -0.25) is 0 Å². The van der Waals surface area contributed by atoms with Crippen molar-refractivity contribution < 1.29 is 9.84 Å². The van der Waals surface area contributed by atoms with Crippen LogP contribution in [-0.2, 0) is 6.54 Å². The molecular formula is C15H23N3O2. The Morgan fingerprint density at radius 1 is 1.40 bits per heavy atom. The van der Waals surface area contributed by atoms with E-state index in [9.17, 15) is 5.11 Å². The highest BCUT2D eigenvalue weighted by Crippen LogP contribution is 2.29. The summed E-state index contributed by atoms with van der Waals surface area (Å²) in [5.74, 6) is 1.03. The summed E-state index contributed by atoms with van der Waals surface area (Å²) >= 11 is 0. The number of guanidine groups is 1. The molecule has 0 aromatic heterocycles. The second-order valence-electron chi connectivity index (χ2n) is 5.15. The molecule has 2 rings (SSSR count). The third-order valence-corrected chi connectivity index (χ3v) is 3.68. The average Bonchev–Trinajstić information content (AvgIpc) is 2.47. The fraction of sp³-hybridized carbons (Fsp3) is 0.533. The lowest BCUT2D eigenvalue weighted by molar-refractivity contribution is 0.370. The van der Waals surface area contributed by atoms with Gasteiger partial charge >= 0.3 is 0 Å². The van der Waals surface area contributed by atoms with Crippen LogP contribution in [0.15, 0.2) is 23.2 Å². The van der Waals surface area contributed by atoms with Gasteiger partial charge in [0.15, 0.2) is 17.5 Å². The van der Waals surface area contributed by atoms with E-state index in [1.54, 1.807) is 6.07 Å². The molecular weight excluding hydrogens is 254 g/mol. The number of nitrogens with one attached hydrogen (secondary N) is 1. The molecule has 0 saturated heterocycles. The molecule has 1 aliphatic carbocycles. The minimum atomic E-state index is 0.129. The van der Waals surface area contributed by atoms with Gasteiger partial charge in [0.05, 0.1) is 13.7 Å². The molecule has 0 radical (unpaired) electrons. The Kier molecular flexibility index (Phi) is 5.09. The zero-order chi connectivity index (χ0) is 14.4. The number of nitrogens with zero attached hydrogens (tertiary/aromatic N) is 1. The van der Waals surface area contributed by atoms with Crippen LogP contribution in [0.1, 0.15) is 37.7 Å². The number of hydrogen-bond acceptors (Lipinski definition) is 3. The highest BCUT2D eigenvalue weighted by molar-refractivity contribution is 5.78. The van der Waals surface area contributed by atoms with Gasteiger partial charge in [-0.25, -0.2) is 4.99 Å². The summed E-state index contributed by atoms with van der Waals surface area (Å²) < 4.78 is 5.07. The van der Waals surface area contributed by atoms with Crippen LogP contribution in [0, 0.1) is 0 Å². The first-order valence-corrected chi connectivity index (χ1v) is 7.12.